The van der Waals surface area contributed by atoms with E-state index in [1.54, 1.807) is 10.7 Å². The van der Waals surface area contributed by atoms with E-state index in [9.17, 15) is 0 Å². The van der Waals surface area contributed by atoms with Crippen LogP contribution in [-0.2, 0) is 7.05 Å². The molecule has 1 heterocycles. The number of nitrogens with zero attached hydrogens (tertiary/aromatic N) is 3. The van der Waals surface area contributed by atoms with Crippen LogP contribution < -0.4 is 0 Å². The lowest BCUT2D eigenvalue weighted by molar-refractivity contribution is 0.736. The van der Waals surface area contributed by atoms with Crippen molar-refractivity contribution in [2.24, 2.45) is 7.05 Å². The molecule has 0 unspecified atom stereocenters. The molecule has 0 bridgehead atoms. The van der Waals surface area contributed by atoms with Gasteiger partial charge < -0.3 is 0 Å². The Morgan fingerprint density at radius 2 is 2.25 bits per heavy atom. The van der Waals surface area contributed by atoms with E-state index >= 15 is 0 Å². The summed E-state index contributed by atoms with van der Waals surface area (Å²) in [6.07, 6.45) is 0. The van der Waals surface area contributed by atoms with E-state index in [1.807, 2.05) is 13.1 Å². The van der Waals surface area contributed by atoms with Crippen molar-refractivity contribution in [2.45, 2.75) is 0 Å². The molecule has 1 aromatic carbocycles. The second-order valence-electron chi connectivity index (χ2n) is 2.47. The second-order valence-corrected chi connectivity index (χ2v) is 3.76. The molecule has 2 aromatic rings. The van der Waals surface area contributed by atoms with Gasteiger partial charge in [-0.15, -0.1) is 5.10 Å². The van der Waals surface area contributed by atoms with Crippen molar-refractivity contribution >= 4 is 38.6 Å². The standard InChI is InChI=1S/C7H5BrClN3/c1-12-6-3-4(9)2-5(8)7(6)10-11-12/h2-3H,1H3. The number of fused-ring (bicyclic) bond motifs is 1. The molecule has 0 saturated carbocycles. The summed E-state index contributed by atoms with van der Waals surface area (Å²) in [6.45, 7) is 0. The zero-order valence-corrected chi connectivity index (χ0v) is 8.59. The highest BCUT2D eigenvalue weighted by molar-refractivity contribution is 9.10. The van der Waals surface area contributed by atoms with Gasteiger partial charge in [0.05, 0.1) is 5.52 Å². The van der Waals surface area contributed by atoms with Crippen molar-refractivity contribution in [3.8, 4) is 0 Å². The maximum Gasteiger partial charge on any atom is 0.127 e. The Morgan fingerprint density at radius 3 is 3.00 bits per heavy atom. The van der Waals surface area contributed by atoms with E-state index in [-0.39, 0.29) is 0 Å². The highest BCUT2D eigenvalue weighted by Crippen LogP contribution is 2.25. The Hall–Kier alpha value is -0.610. The van der Waals surface area contributed by atoms with Gasteiger partial charge in [-0.3, -0.25) is 0 Å². The van der Waals surface area contributed by atoms with Crippen molar-refractivity contribution < 1.29 is 0 Å². The molecule has 0 aliphatic rings. The van der Waals surface area contributed by atoms with Crippen LogP contribution >= 0.6 is 27.5 Å². The molecule has 0 radical (unpaired) electrons. The summed E-state index contributed by atoms with van der Waals surface area (Å²) in [5.74, 6) is 0. The molecule has 0 N–H and O–H groups in total. The van der Waals surface area contributed by atoms with Crippen LogP contribution in [0.1, 0.15) is 0 Å². The molecule has 0 aliphatic heterocycles. The van der Waals surface area contributed by atoms with Crippen molar-refractivity contribution in [1.29, 1.82) is 0 Å². The molecule has 0 atom stereocenters. The number of aryl methyl sites for hydroxylation is 1. The zero-order chi connectivity index (χ0) is 8.72. The highest BCUT2D eigenvalue weighted by Gasteiger charge is 2.05. The second kappa shape index (κ2) is 2.71. The first-order valence-electron chi connectivity index (χ1n) is 3.33. The quantitative estimate of drug-likeness (QED) is 0.714. The number of hydrogen-bond acceptors (Lipinski definition) is 2. The molecule has 0 saturated heterocycles. The number of hydrogen-bond donors (Lipinski definition) is 0. The van der Waals surface area contributed by atoms with Gasteiger partial charge in [0.25, 0.3) is 0 Å². The lowest BCUT2D eigenvalue weighted by atomic mass is 10.3. The predicted octanol–water partition coefficient (Wildman–Crippen LogP) is 2.38. The number of aromatic nitrogens is 3. The topological polar surface area (TPSA) is 30.7 Å². The number of rotatable bonds is 0. The zero-order valence-electron chi connectivity index (χ0n) is 6.25. The Labute approximate surface area is 82.4 Å². The van der Waals surface area contributed by atoms with Crippen LogP contribution in [0.3, 0.4) is 0 Å². The molecule has 62 valence electrons. The molecular formula is C7H5BrClN3. The van der Waals surface area contributed by atoms with Gasteiger partial charge in [0.2, 0.25) is 0 Å². The first-order chi connectivity index (χ1) is 5.68. The number of halogens is 2. The smallest absolute Gasteiger partial charge is 0.127 e. The van der Waals surface area contributed by atoms with E-state index in [0.717, 1.165) is 15.5 Å². The maximum atomic E-state index is 5.85. The first kappa shape index (κ1) is 8.01. The summed E-state index contributed by atoms with van der Waals surface area (Å²) >= 11 is 9.21. The highest BCUT2D eigenvalue weighted by atomic mass is 79.9. The van der Waals surface area contributed by atoms with Gasteiger partial charge >= 0.3 is 0 Å². The normalized spacial score (nSPS) is 10.9. The molecule has 0 amide bonds. The minimum atomic E-state index is 0.680. The van der Waals surface area contributed by atoms with Crippen molar-refractivity contribution in [1.82, 2.24) is 15.0 Å². The Morgan fingerprint density at radius 1 is 1.50 bits per heavy atom. The van der Waals surface area contributed by atoms with Gasteiger partial charge in [0.1, 0.15) is 5.52 Å². The van der Waals surface area contributed by atoms with Gasteiger partial charge in [-0.2, -0.15) is 0 Å². The molecular weight excluding hydrogens is 241 g/mol. The third kappa shape index (κ3) is 1.11. The maximum absolute atomic E-state index is 5.85. The van der Waals surface area contributed by atoms with E-state index in [0.29, 0.717) is 5.02 Å². The third-order valence-corrected chi connectivity index (χ3v) is 2.46. The van der Waals surface area contributed by atoms with Crippen molar-refractivity contribution in [3.63, 3.8) is 0 Å². The van der Waals surface area contributed by atoms with Crippen LogP contribution in [0.5, 0.6) is 0 Å². The van der Waals surface area contributed by atoms with E-state index in [4.69, 9.17) is 11.6 Å². The van der Waals surface area contributed by atoms with Gasteiger partial charge in [0.15, 0.2) is 0 Å². The van der Waals surface area contributed by atoms with Crippen molar-refractivity contribution in [3.05, 3.63) is 21.6 Å². The van der Waals surface area contributed by atoms with Crippen LogP contribution in [0.4, 0.5) is 0 Å². The SMILES string of the molecule is Cn1nnc2c(Br)cc(Cl)cc21. The van der Waals surface area contributed by atoms with Crippen LogP contribution in [0, 0.1) is 0 Å². The molecule has 0 aliphatic carbocycles. The van der Waals surface area contributed by atoms with Crippen LogP contribution in [0.25, 0.3) is 11.0 Å². The summed E-state index contributed by atoms with van der Waals surface area (Å²) in [5.41, 5.74) is 1.76. The first-order valence-corrected chi connectivity index (χ1v) is 4.50. The van der Waals surface area contributed by atoms with Gasteiger partial charge in [-0.1, -0.05) is 16.8 Å². The fraction of sp³-hybridized carbons (Fsp3) is 0.143. The fourth-order valence-electron chi connectivity index (χ4n) is 1.06. The lowest BCUT2D eigenvalue weighted by Gasteiger charge is -1.94. The Kier molecular flexibility index (Phi) is 1.81. The molecule has 3 nitrogen and oxygen atoms in total. The fourth-order valence-corrected chi connectivity index (χ4v) is 1.93. The van der Waals surface area contributed by atoms with Gasteiger partial charge in [-0.05, 0) is 28.1 Å². The van der Waals surface area contributed by atoms with E-state index < -0.39 is 0 Å². The minimum Gasteiger partial charge on any atom is -0.248 e. The Balaban J connectivity index is 2.92. The average Bonchev–Trinajstić information content (AvgIpc) is 2.33. The summed E-state index contributed by atoms with van der Waals surface area (Å²) in [7, 11) is 1.83. The molecule has 12 heavy (non-hydrogen) atoms. The minimum absolute atomic E-state index is 0.680. The van der Waals surface area contributed by atoms with E-state index in [1.165, 1.54) is 0 Å². The molecule has 0 spiro atoms. The molecule has 2 rings (SSSR count). The van der Waals surface area contributed by atoms with Gasteiger partial charge in [0, 0.05) is 16.5 Å². The molecule has 1 aromatic heterocycles. The van der Waals surface area contributed by atoms with Crippen LogP contribution in [-0.4, -0.2) is 15.0 Å². The Bertz CT molecular complexity index is 437. The van der Waals surface area contributed by atoms with E-state index in [2.05, 4.69) is 26.2 Å². The average molecular weight is 246 g/mol. The summed E-state index contributed by atoms with van der Waals surface area (Å²) < 4.78 is 2.56. The number of benzene rings is 1. The third-order valence-electron chi connectivity index (χ3n) is 1.64. The predicted molar refractivity (Wildman–Crippen MR) is 51.2 cm³/mol. The monoisotopic (exact) mass is 245 g/mol. The largest absolute Gasteiger partial charge is 0.248 e. The summed E-state index contributed by atoms with van der Waals surface area (Å²) in [4.78, 5) is 0. The summed E-state index contributed by atoms with van der Waals surface area (Å²) in [5, 5.41) is 8.52. The van der Waals surface area contributed by atoms with Crippen LogP contribution in [0.15, 0.2) is 16.6 Å². The molecule has 0 fully saturated rings. The van der Waals surface area contributed by atoms with Crippen molar-refractivity contribution in [2.75, 3.05) is 0 Å². The summed E-state index contributed by atoms with van der Waals surface area (Å²) in [6, 6.07) is 3.64. The van der Waals surface area contributed by atoms with Crippen LogP contribution in [0.2, 0.25) is 5.02 Å². The molecule has 5 heteroatoms. The lowest BCUT2D eigenvalue weighted by Crippen LogP contribution is -1.88. The van der Waals surface area contributed by atoms with Gasteiger partial charge in [-0.25, -0.2) is 4.68 Å².